The van der Waals surface area contributed by atoms with Gasteiger partial charge in [-0.05, 0) is 35.7 Å². The summed E-state index contributed by atoms with van der Waals surface area (Å²) in [5.41, 5.74) is 3.02. The third-order valence-corrected chi connectivity index (χ3v) is 6.27. The third kappa shape index (κ3) is 4.27. The molecule has 4 heterocycles. The SMILES string of the molecule is O=C(Cc1csc(NC(=O)c2cccs2)n1)Nc1ccc(-n2cnc3ccccc32)nc1. The molecule has 2 N–H and O–H groups in total. The van der Waals surface area contributed by atoms with Gasteiger partial charge in [-0.25, -0.2) is 15.0 Å². The second kappa shape index (κ2) is 8.69. The van der Waals surface area contributed by atoms with E-state index in [0.717, 1.165) is 11.0 Å². The van der Waals surface area contributed by atoms with E-state index in [-0.39, 0.29) is 18.2 Å². The number of carbonyl (C=O) groups is 2. The summed E-state index contributed by atoms with van der Waals surface area (Å²) in [7, 11) is 0. The van der Waals surface area contributed by atoms with E-state index < -0.39 is 0 Å². The molecule has 158 valence electrons. The number of thiazole rings is 1. The van der Waals surface area contributed by atoms with Crippen molar-refractivity contribution in [2.75, 3.05) is 10.6 Å². The van der Waals surface area contributed by atoms with Crippen molar-refractivity contribution in [3.05, 3.63) is 82.4 Å². The van der Waals surface area contributed by atoms with Crippen LogP contribution in [-0.2, 0) is 11.2 Å². The first-order valence-corrected chi connectivity index (χ1v) is 11.4. The number of rotatable bonds is 6. The quantitative estimate of drug-likeness (QED) is 0.392. The molecule has 0 fully saturated rings. The van der Waals surface area contributed by atoms with Gasteiger partial charge in [0.1, 0.15) is 12.1 Å². The maximum Gasteiger partial charge on any atom is 0.267 e. The van der Waals surface area contributed by atoms with Crippen LogP contribution < -0.4 is 10.6 Å². The van der Waals surface area contributed by atoms with Gasteiger partial charge in [-0.2, -0.15) is 0 Å². The zero-order chi connectivity index (χ0) is 21.9. The molecule has 2 amide bonds. The Morgan fingerprint density at radius 3 is 2.69 bits per heavy atom. The van der Waals surface area contributed by atoms with Crippen molar-refractivity contribution in [2.24, 2.45) is 0 Å². The Morgan fingerprint density at radius 2 is 1.88 bits per heavy atom. The molecule has 32 heavy (non-hydrogen) atoms. The number of hydrogen-bond donors (Lipinski definition) is 2. The van der Waals surface area contributed by atoms with Gasteiger partial charge in [0.2, 0.25) is 5.91 Å². The van der Waals surface area contributed by atoms with E-state index in [4.69, 9.17) is 0 Å². The minimum Gasteiger partial charge on any atom is -0.324 e. The molecule has 0 unspecified atom stereocenters. The van der Waals surface area contributed by atoms with Gasteiger partial charge in [-0.1, -0.05) is 18.2 Å². The lowest BCUT2D eigenvalue weighted by Gasteiger charge is -2.06. The number of nitrogens with one attached hydrogen (secondary N) is 2. The predicted molar refractivity (Wildman–Crippen MR) is 126 cm³/mol. The van der Waals surface area contributed by atoms with Crippen LogP contribution in [0.25, 0.3) is 16.9 Å². The molecule has 5 rings (SSSR count). The summed E-state index contributed by atoms with van der Waals surface area (Å²) < 4.78 is 1.89. The highest BCUT2D eigenvalue weighted by molar-refractivity contribution is 7.14. The number of carbonyl (C=O) groups excluding carboxylic acids is 2. The fourth-order valence-corrected chi connectivity index (χ4v) is 4.45. The number of imidazole rings is 1. The summed E-state index contributed by atoms with van der Waals surface area (Å²) in [5.74, 6) is 0.290. The first-order valence-electron chi connectivity index (χ1n) is 9.63. The van der Waals surface area contributed by atoms with Gasteiger partial charge in [0, 0.05) is 5.38 Å². The summed E-state index contributed by atoms with van der Waals surface area (Å²) in [6, 6.07) is 15.0. The monoisotopic (exact) mass is 460 g/mol. The van der Waals surface area contributed by atoms with Crippen LogP contribution in [0.2, 0.25) is 0 Å². The van der Waals surface area contributed by atoms with Crippen molar-refractivity contribution in [2.45, 2.75) is 6.42 Å². The number of hydrogen-bond acceptors (Lipinski definition) is 7. The van der Waals surface area contributed by atoms with Gasteiger partial charge >= 0.3 is 0 Å². The number of thiophene rings is 1. The maximum atomic E-state index is 12.4. The highest BCUT2D eigenvalue weighted by Gasteiger charge is 2.12. The molecule has 0 aliphatic heterocycles. The molecule has 5 aromatic rings. The first kappa shape index (κ1) is 20.0. The number of anilines is 2. The Labute approximate surface area is 190 Å². The van der Waals surface area contributed by atoms with Gasteiger partial charge in [0.25, 0.3) is 5.91 Å². The highest BCUT2D eigenvalue weighted by Crippen LogP contribution is 2.20. The molecular weight excluding hydrogens is 444 g/mol. The smallest absolute Gasteiger partial charge is 0.267 e. The van der Waals surface area contributed by atoms with Crippen molar-refractivity contribution in [3.8, 4) is 5.82 Å². The summed E-state index contributed by atoms with van der Waals surface area (Å²) in [5, 5.41) is 9.64. The second-order valence-electron chi connectivity index (χ2n) is 6.81. The van der Waals surface area contributed by atoms with Crippen molar-refractivity contribution in [1.29, 1.82) is 0 Å². The minimum atomic E-state index is -0.214. The largest absolute Gasteiger partial charge is 0.324 e. The number of para-hydroxylation sites is 2. The van der Waals surface area contributed by atoms with Crippen molar-refractivity contribution in [1.82, 2.24) is 19.5 Å². The number of aromatic nitrogens is 4. The summed E-state index contributed by atoms with van der Waals surface area (Å²) in [6.07, 6.45) is 3.43. The molecule has 0 spiro atoms. The lowest BCUT2D eigenvalue weighted by molar-refractivity contribution is -0.115. The van der Waals surface area contributed by atoms with Crippen LogP contribution in [0.15, 0.2) is 71.8 Å². The van der Waals surface area contributed by atoms with Crippen molar-refractivity contribution >= 4 is 56.3 Å². The molecule has 0 radical (unpaired) electrons. The van der Waals surface area contributed by atoms with Gasteiger partial charge in [-0.15, -0.1) is 22.7 Å². The van der Waals surface area contributed by atoms with Crippen molar-refractivity contribution in [3.63, 3.8) is 0 Å². The van der Waals surface area contributed by atoms with E-state index in [1.165, 1.54) is 22.7 Å². The third-order valence-electron chi connectivity index (χ3n) is 4.59. The summed E-state index contributed by atoms with van der Waals surface area (Å²) >= 11 is 2.64. The molecule has 4 aromatic heterocycles. The topological polar surface area (TPSA) is 102 Å². The van der Waals surface area contributed by atoms with E-state index in [2.05, 4.69) is 25.6 Å². The standard InChI is InChI=1S/C22H16N6O2S2/c29-20(10-15-12-32-22(26-15)27-21(30)18-6-3-9-31-18)25-14-7-8-19(23-11-14)28-13-24-16-4-1-2-5-17(16)28/h1-9,11-13H,10H2,(H,25,29)(H,26,27,30). The Balaban J connectivity index is 1.20. The molecule has 0 saturated carbocycles. The van der Waals surface area contributed by atoms with Crippen LogP contribution in [0.1, 0.15) is 15.4 Å². The zero-order valence-corrected chi connectivity index (χ0v) is 18.2. The lowest BCUT2D eigenvalue weighted by Crippen LogP contribution is -2.15. The molecule has 8 nitrogen and oxygen atoms in total. The zero-order valence-electron chi connectivity index (χ0n) is 16.6. The molecule has 0 atom stereocenters. The van der Waals surface area contributed by atoms with E-state index in [9.17, 15) is 9.59 Å². The highest BCUT2D eigenvalue weighted by atomic mass is 32.1. The predicted octanol–water partition coefficient (Wildman–Crippen LogP) is 4.37. The fraction of sp³-hybridized carbons (Fsp3) is 0.0455. The van der Waals surface area contributed by atoms with Crippen LogP contribution in [0, 0.1) is 0 Å². The second-order valence-corrected chi connectivity index (χ2v) is 8.61. The molecule has 0 bridgehead atoms. The number of amides is 2. The van der Waals surface area contributed by atoms with Gasteiger partial charge in [0.15, 0.2) is 5.13 Å². The number of nitrogens with zero attached hydrogens (tertiary/aromatic N) is 4. The van der Waals surface area contributed by atoms with Gasteiger partial charge in [0.05, 0.1) is 39.9 Å². The van der Waals surface area contributed by atoms with Crippen molar-refractivity contribution < 1.29 is 9.59 Å². The minimum absolute atomic E-state index is 0.0965. The molecule has 0 saturated heterocycles. The summed E-state index contributed by atoms with van der Waals surface area (Å²) in [6.45, 7) is 0. The van der Waals surface area contributed by atoms with E-state index in [1.54, 1.807) is 30.0 Å². The normalized spacial score (nSPS) is 10.9. The Kier molecular flexibility index (Phi) is 5.44. The van der Waals surface area contributed by atoms with Gasteiger partial charge < -0.3 is 5.32 Å². The Hall–Kier alpha value is -3.89. The molecule has 0 aliphatic rings. The van der Waals surface area contributed by atoms with E-state index in [1.807, 2.05) is 46.3 Å². The van der Waals surface area contributed by atoms with E-state index >= 15 is 0 Å². The van der Waals surface area contributed by atoms with E-state index in [0.29, 0.717) is 27.2 Å². The molecule has 0 aliphatic carbocycles. The molecule has 10 heteroatoms. The number of pyridine rings is 1. The fourth-order valence-electron chi connectivity index (χ4n) is 3.13. The average Bonchev–Trinajstić information content (AvgIpc) is 3.55. The Bertz CT molecular complexity index is 1390. The van der Waals surface area contributed by atoms with Gasteiger partial charge in [-0.3, -0.25) is 19.5 Å². The van der Waals surface area contributed by atoms with Crippen LogP contribution in [0.4, 0.5) is 10.8 Å². The number of fused-ring (bicyclic) bond motifs is 1. The first-order chi connectivity index (χ1) is 15.7. The molecular formula is C22H16N6O2S2. The van der Waals surface area contributed by atoms with Crippen LogP contribution in [0.5, 0.6) is 0 Å². The lowest BCUT2D eigenvalue weighted by atomic mass is 10.3. The van der Waals surface area contributed by atoms with Crippen LogP contribution in [-0.4, -0.2) is 31.3 Å². The molecule has 1 aromatic carbocycles. The number of benzene rings is 1. The summed E-state index contributed by atoms with van der Waals surface area (Å²) in [4.78, 5) is 38.3. The average molecular weight is 461 g/mol. The van der Waals surface area contributed by atoms with Crippen LogP contribution >= 0.6 is 22.7 Å². The Morgan fingerprint density at radius 1 is 0.969 bits per heavy atom. The van der Waals surface area contributed by atoms with Crippen LogP contribution in [0.3, 0.4) is 0 Å². The maximum absolute atomic E-state index is 12.4.